The van der Waals surface area contributed by atoms with Gasteiger partial charge in [-0.05, 0) is 82.1 Å². The second-order valence-corrected chi connectivity index (χ2v) is 7.52. The second-order valence-electron chi connectivity index (χ2n) is 7.52. The maximum absolute atomic E-state index is 9.38. The zero-order valence-electron chi connectivity index (χ0n) is 14.5. The van der Waals surface area contributed by atoms with Gasteiger partial charge in [0.05, 0.1) is 22.8 Å². The van der Waals surface area contributed by atoms with Crippen LogP contribution in [0.1, 0.15) is 64.5 Å². The molecule has 0 amide bonds. The monoisotopic (exact) mass is 309 g/mol. The Bertz CT molecular complexity index is 669. The van der Waals surface area contributed by atoms with E-state index in [0.29, 0.717) is 5.56 Å². The molecule has 0 unspecified atom stereocenters. The van der Waals surface area contributed by atoms with E-state index >= 15 is 0 Å². The molecule has 1 aliphatic carbocycles. The Morgan fingerprint density at radius 2 is 1.74 bits per heavy atom. The fraction of sp³-hybridized carbons (Fsp3) is 0.526. The summed E-state index contributed by atoms with van der Waals surface area (Å²) in [6.07, 6.45) is 6.98. The highest BCUT2D eigenvalue weighted by molar-refractivity contribution is 6.62. The molecule has 1 aromatic rings. The zero-order valence-corrected chi connectivity index (χ0v) is 14.5. The summed E-state index contributed by atoms with van der Waals surface area (Å²) < 4.78 is 12.3. The molecular weight excluding hydrogens is 285 g/mol. The highest BCUT2D eigenvalue weighted by Crippen LogP contribution is 2.37. The Labute approximate surface area is 139 Å². The predicted molar refractivity (Wildman–Crippen MR) is 93.3 cm³/mol. The van der Waals surface area contributed by atoms with Crippen LogP contribution in [0.4, 0.5) is 0 Å². The quantitative estimate of drug-likeness (QED) is 0.780. The number of benzene rings is 1. The summed E-state index contributed by atoms with van der Waals surface area (Å²) in [5, 5.41) is 9.38. The summed E-state index contributed by atoms with van der Waals surface area (Å²) in [5.41, 5.74) is 3.33. The van der Waals surface area contributed by atoms with Crippen LogP contribution in [0.25, 0.3) is 5.57 Å². The topological polar surface area (TPSA) is 42.2 Å². The van der Waals surface area contributed by atoms with Gasteiger partial charge in [0, 0.05) is 0 Å². The normalized spacial score (nSPS) is 22.6. The van der Waals surface area contributed by atoms with Gasteiger partial charge < -0.3 is 9.31 Å². The fourth-order valence-corrected chi connectivity index (χ4v) is 3.12. The van der Waals surface area contributed by atoms with Crippen molar-refractivity contribution in [2.75, 3.05) is 0 Å². The summed E-state index contributed by atoms with van der Waals surface area (Å²) in [4.78, 5) is 0. The van der Waals surface area contributed by atoms with Crippen molar-refractivity contribution in [2.45, 2.75) is 64.6 Å². The standard InChI is InChI=1S/C19H24BNO2/c1-18(2)19(3,4)23-20(22-18)17-11-14(13-21)10-16(12-17)15-8-6-5-7-9-15/h8,10-12H,5-7,9H2,1-4H3. The van der Waals surface area contributed by atoms with E-state index < -0.39 is 7.12 Å². The van der Waals surface area contributed by atoms with Gasteiger partial charge in [-0.3, -0.25) is 0 Å². The number of allylic oxidation sites excluding steroid dienone is 2. The number of hydrogen-bond donors (Lipinski definition) is 0. The zero-order chi connectivity index (χ0) is 16.7. The molecule has 0 bridgehead atoms. The Hall–Kier alpha value is -1.57. The van der Waals surface area contributed by atoms with Gasteiger partial charge in [0.1, 0.15) is 0 Å². The highest BCUT2D eigenvalue weighted by atomic mass is 16.7. The maximum atomic E-state index is 9.38. The third-order valence-corrected chi connectivity index (χ3v) is 5.27. The Morgan fingerprint density at radius 1 is 1.04 bits per heavy atom. The molecule has 1 aliphatic heterocycles. The van der Waals surface area contributed by atoms with Crippen LogP contribution in [-0.2, 0) is 9.31 Å². The maximum Gasteiger partial charge on any atom is 0.494 e. The molecule has 0 saturated carbocycles. The minimum Gasteiger partial charge on any atom is -0.399 e. The lowest BCUT2D eigenvalue weighted by molar-refractivity contribution is 0.00578. The first-order valence-corrected chi connectivity index (χ1v) is 8.42. The van der Waals surface area contributed by atoms with Gasteiger partial charge in [0.2, 0.25) is 0 Å². The number of hydrogen-bond acceptors (Lipinski definition) is 3. The first-order valence-electron chi connectivity index (χ1n) is 8.42. The van der Waals surface area contributed by atoms with Gasteiger partial charge in [0.15, 0.2) is 0 Å². The van der Waals surface area contributed by atoms with E-state index in [1.165, 1.54) is 18.4 Å². The summed E-state index contributed by atoms with van der Waals surface area (Å²) >= 11 is 0. The second kappa shape index (κ2) is 5.81. The van der Waals surface area contributed by atoms with Crippen LogP contribution < -0.4 is 5.46 Å². The third-order valence-electron chi connectivity index (χ3n) is 5.27. The average molecular weight is 309 g/mol. The Kier molecular flexibility index (Phi) is 4.12. The number of nitrogens with zero attached hydrogens (tertiary/aromatic N) is 1. The molecule has 1 saturated heterocycles. The largest absolute Gasteiger partial charge is 0.494 e. The minimum absolute atomic E-state index is 0.370. The van der Waals surface area contributed by atoms with Crippen LogP contribution in [0.5, 0.6) is 0 Å². The van der Waals surface area contributed by atoms with Crippen LogP contribution in [0.3, 0.4) is 0 Å². The Morgan fingerprint density at radius 3 is 2.30 bits per heavy atom. The van der Waals surface area contributed by atoms with Gasteiger partial charge in [-0.2, -0.15) is 5.26 Å². The molecule has 0 N–H and O–H groups in total. The number of rotatable bonds is 2. The molecule has 0 atom stereocenters. The van der Waals surface area contributed by atoms with Crippen molar-refractivity contribution in [3.8, 4) is 6.07 Å². The van der Waals surface area contributed by atoms with E-state index in [1.54, 1.807) is 0 Å². The van der Waals surface area contributed by atoms with Gasteiger partial charge in [-0.15, -0.1) is 0 Å². The molecule has 120 valence electrons. The Balaban J connectivity index is 1.97. The molecule has 0 aromatic heterocycles. The first-order chi connectivity index (χ1) is 10.8. The van der Waals surface area contributed by atoms with Crippen LogP contribution in [0.2, 0.25) is 0 Å². The van der Waals surface area contributed by atoms with Gasteiger partial charge in [-0.1, -0.05) is 12.1 Å². The van der Waals surface area contributed by atoms with Crippen LogP contribution >= 0.6 is 0 Å². The molecule has 4 heteroatoms. The van der Waals surface area contributed by atoms with E-state index in [9.17, 15) is 5.26 Å². The van der Waals surface area contributed by atoms with Gasteiger partial charge in [0.25, 0.3) is 0 Å². The molecular formula is C19H24BNO2. The van der Waals surface area contributed by atoms with Gasteiger partial charge in [-0.25, -0.2) is 0 Å². The molecule has 0 radical (unpaired) electrons. The average Bonchev–Trinajstić information content (AvgIpc) is 2.76. The van der Waals surface area contributed by atoms with Crippen molar-refractivity contribution in [2.24, 2.45) is 0 Å². The SMILES string of the molecule is CC1(C)OB(c2cc(C#N)cc(C3=CCCCC3)c2)OC1(C)C. The summed E-state index contributed by atoms with van der Waals surface area (Å²) in [6.45, 7) is 8.19. The molecule has 1 aromatic carbocycles. The molecule has 1 heterocycles. The minimum atomic E-state index is -0.420. The van der Waals surface area contributed by atoms with Crippen molar-refractivity contribution >= 4 is 18.2 Å². The lowest BCUT2D eigenvalue weighted by atomic mass is 9.76. The van der Waals surface area contributed by atoms with Crippen molar-refractivity contribution < 1.29 is 9.31 Å². The molecule has 23 heavy (non-hydrogen) atoms. The molecule has 1 fully saturated rings. The van der Waals surface area contributed by atoms with Crippen LogP contribution in [0, 0.1) is 11.3 Å². The van der Waals surface area contributed by atoms with Crippen molar-refractivity contribution in [1.82, 2.24) is 0 Å². The van der Waals surface area contributed by atoms with Crippen LogP contribution in [0.15, 0.2) is 24.3 Å². The lowest BCUT2D eigenvalue weighted by Gasteiger charge is -2.32. The fourth-order valence-electron chi connectivity index (χ4n) is 3.12. The lowest BCUT2D eigenvalue weighted by Crippen LogP contribution is -2.41. The van der Waals surface area contributed by atoms with Crippen molar-refractivity contribution in [3.05, 3.63) is 35.4 Å². The van der Waals surface area contributed by atoms with Crippen molar-refractivity contribution in [1.29, 1.82) is 5.26 Å². The predicted octanol–water partition coefficient (Wildman–Crippen LogP) is 3.81. The molecule has 2 aliphatic rings. The smallest absolute Gasteiger partial charge is 0.399 e. The molecule has 0 spiro atoms. The molecule has 3 nitrogen and oxygen atoms in total. The first kappa shape index (κ1) is 16.3. The van der Waals surface area contributed by atoms with E-state index in [-0.39, 0.29) is 11.2 Å². The van der Waals surface area contributed by atoms with E-state index in [2.05, 4.69) is 18.2 Å². The van der Waals surface area contributed by atoms with E-state index in [0.717, 1.165) is 23.9 Å². The van der Waals surface area contributed by atoms with E-state index in [1.807, 2.05) is 39.8 Å². The summed E-state index contributed by atoms with van der Waals surface area (Å²) in [6, 6.07) is 8.26. The third kappa shape index (κ3) is 3.09. The van der Waals surface area contributed by atoms with E-state index in [4.69, 9.17) is 9.31 Å². The number of nitriles is 1. The summed E-state index contributed by atoms with van der Waals surface area (Å²) in [5.74, 6) is 0. The summed E-state index contributed by atoms with van der Waals surface area (Å²) in [7, 11) is -0.420. The highest BCUT2D eigenvalue weighted by Gasteiger charge is 2.51. The van der Waals surface area contributed by atoms with Crippen LogP contribution in [-0.4, -0.2) is 18.3 Å². The van der Waals surface area contributed by atoms with Gasteiger partial charge >= 0.3 is 7.12 Å². The van der Waals surface area contributed by atoms with Crippen molar-refractivity contribution in [3.63, 3.8) is 0 Å². The molecule has 3 rings (SSSR count).